The van der Waals surface area contributed by atoms with Crippen LogP contribution in [-0.4, -0.2) is 9.55 Å². The van der Waals surface area contributed by atoms with Crippen LogP contribution in [-0.2, 0) is 12.1 Å². The van der Waals surface area contributed by atoms with Crippen LogP contribution in [0.2, 0.25) is 0 Å². The first-order chi connectivity index (χ1) is 16.7. The summed E-state index contributed by atoms with van der Waals surface area (Å²) >= 11 is 0. The smallest absolute Gasteiger partial charge is 0.204 e. The molecule has 168 valence electrons. The van der Waals surface area contributed by atoms with Gasteiger partial charge in [-0.3, -0.25) is 4.57 Å². The molecule has 0 amide bonds. The Morgan fingerprint density at radius 2 is 1.29 bits per heavy atom. The minimum Gasteiger partial charge on any atom is -0.352 e. The van der Waals surface area contributed by atoms with Gasteiger partial charge in [-0.15, -0.1) is 0 Å². The van der Waals surface area contributed by atoms with Gasteiger partial charge in [-0.05, 0) is 40.8 Å². The van der Waals surface area contributed by atoms with Gasteiger partial charge in [0.2, 0.25) is 5.95 Å². The van der Waals surface area contributed by atoms with E-state index >= 15 is 0 Å². The van der Waals surface area contributed by atoms with Crippen molar-refractivity contribution >= 4 is 5.95 Å². The third-order valence-corrected chi connectivity index (χ3v) is 6.25. The Labute approximate surface area is 199 Å². The molecule has 0 aliphatic carbocycles. The van der Waals surface area contributed by atoms with Crippen LogP contribution in [0.25, 0.3) is 0 Å². The molecule has 5 rings (SSSR count). The summed E-state index contributed by atoms with van der Waals surface area (Å²) < 4.78 is 16.0. The minimum absolute atomic E-state index is 0.193. The van der Waals surface area contributed by atoms with Crippen LogP contribution in [0, 0.1) is 12.7 Å². The number of anilines is 1. The molecule has 0 atom stereocenters. The van der Waals surface area contributed by atoms with Crippen LogP contribution in [0.15, 0.2) is 122 Å². The second-order valence-electron chi connectivity index (χ2n) is 8.37. The summed E-state index contributed by atoms with van der Waals surface area (Å²) in [6.45, 7) is 2.32. The Morgan fingerprint density at radius 3 is 1.79 bits per heavy atom. The highest BCUT2D eigenvalue weighted by Gasteiger charge is 2.39. The van der Waals surface area contributed by atoms with Crippen molar-refractivity contribution in [1.82, 2.24) is 9.55 Å². The first kappa shape index (κ1) is 21.7. The zero-order valence-electron chi connectivity index (χ0n) is 19.0. The maximum Gasteiger partial charge on any atom is 0.204 e. The molecule has 4 aromatic carbocycles. The fraction of sp³-hybridized carbons (Fsp3) is 0.100. The molecule has 34 heavy (non-hydrogen) atoms. The average molecular weight is 448 g/mol. The summed E-state index contributed by atoms with van der Waals surface area (Å²) in [5.41, 5.74) is 4.39. The molecule has 4 heteroatoms. The van der Waals surface area contributed by atoms with Gasteiger partial charge in [-0.1, -0.05) is 103 Å². The molecule has 0 saturated heterocycles. The van der Waals surface area contributed by atoms with Gasteiger partial charge in [0.15, 0.2) is 0 Å². The third kappa shape index (κ3) is 3.88. The van der Waals surface area contributed by atoms with E-state index in [0.29, 0.717) is 12.1 Å². The van der Waals surface area contributed by atoms with E-state index in [2.05, 4.69) is 82.7 Å². The Morgan fingerprint density at radius 1 is 0.765 bits per heavy atom. The van der Waals surface area contributed by atoms with E-state index in [1.807, 2.05) is 36.7 Å². The highest BCUT2D eigenvalue weighted by Crippen LogP contribution is 2.42. The molecule has 1 N–H and O–H groups in total. The van der Waals surface area contributed by atoms with Crippen molar-refractivity contribution in [3.05, 3.63) is 155 Å². The van der Waals surface area contributed by atoms with Gasteiger partial charge >= 0.3 is 0 Å². The molecule has 0 spiro atoms. The summed E-state index contributed by atoms with van der Waals surface area (Å²) in [5.74, 6) is 0.542. The number of nitrogens with one attached hydrogen (secondary N) is 1. The predicted octanol–water partition coefficient (Wildman–Crippen LogP) is 6.78. The van der Waals surface area contributed by atoms with Gasteiger partial charge in [-0.25, -0.2) is 9.37 Å². The van der Waals surface area contributed by atoms with Crippen molar-refractivity contribution in [2.24, 2.45) is 0 Å². The summed E-state index contributed by atoms with van der Waals surface area (Å²) in [7, 11) is 0. The van der Waals surface area contributed by atoms with Crippen molar-refractivity contribution in [2.75, 3.05) is 5.32 Å². The van der Waals surface area contributed by atoms with Gasteiger partial charge in [-0.2, -0.15) is 0 Å². The van der Waals surface area contributed by atoms with E-state index in [4.69, 9.17) is 4.98 Å². The number of benzene rings is 4. The van der Waals surface area contributed by atoms with Crippen molar-refractivity contribution in [3.63, 3.8) is 0 Å². The molecule has 0 aliphatic heterocycles. The lowest BCUT2D eigenvalue weighted by Crippen LogP contribution is -2.38. The fourth-order valence-electron chi connectivity index (χ4n) is 4.66. The van der Waals surface area contributed by atoms with E-state index in [1.54, 1.807) is 13.0 Å². The Hall–Kier alpha value is -4.18. The van der Waals surface area contributed by atoms with Crippen LogP contribution < -0.4 is 5.32 Å². The molecule has 3 nitrogen and oxygen atoms in total. The maximum atomic E-state index is 13.8. The Balaban J connectivity index is 1.68. The number of rotatable bonds is 7. The lowest BCUT2D eigenvalue weighted by molar-refractivity contribution is 0.519. The van der Waals surface area contributed by atoms with Crippen molar-refractivity contribution < 1.29 is 4.39 Å². The lowest BCUT2D eigenvalue weighted by atomic mass is 9.76. The van der Waals surface area contributed by atoms with Crippen LogP contribution in [0.5, 0.6) is 0 Å². The second-order valence-corrected chi connectivity index (χ2v) is 8.37. The monoisotopic (exact) mass is 447 g/mol. The quantitative estimate of drug-likeness (QED) is 0.279. The summed E-state index contributed by atoms with van der Waals surface area (Å²) in [5, 5.41) is 3.50. The molecule has 0 fully saturated rings. The van der Waals surface area contributed by atoms with Crippen molar-refractivity contribution in [3.8, 4) is 0 Å². The van der Waals surface area contributed by atoms with Gasteiger partial charge in [0.25, 0.3) is 0 Å². The molecule has 0 saturated carbocycles. The average Bonchev–Trinajstić information content (AvgIpc) is 3.36. The SMILES string of the molecule is Cc1cc(CNc2nccn2C(c2ccccc2)(c2ccccc2)c2ccccc2)ccc1F. The van der Waals surface area contributed by atoms with E-state index < -0.39 is 5.54 Å². The molecule has 0 aliphatic rings. The van der Waals surface area contributed by atoms with E-state index in [1.165, 1.54) is 6.07 Å². The maximum absolute atomic E-state index is 13.8. The minimum atomic E-state index is -0.638. The second kappa shape index (κ2) is 9.36. The number of halogens is 1. The number of aromatic nitrogens is 2. The third-order valence-electron chi connectivity index (χ3n) is 6.25. The number of hydrogen-bond donors (Lipinski definition) is 1. The number of aryl methyl sites for hydroxylation is 1. The number of hydrogen-bond acceptors (Lipinski definition) is 2. The van der Waals surface area contributed by atoms with Crippen molar-refractivity contribution in [2.45, 2.75) is 19.0 Å². The van der Waals surface area contributed by atoms with Crippen LogP contribution in [0.3, 0.4) is 0 Å². The van der Waals surface area contributed by atoms with Gasteiger partial charge in [0, 0.05) is 18.9 Å². The van der Waals surface area contributed by atoms with Crippen LogP contribution >= 0.6 is 0 Å². The summed E-state index contributed by atoms with van der Waals surface area (Å²) in [6, 6.07) is 36.7. The van der Waals surface area contributed by atoms with Crippen LogP contribution in [0.4, 0.5) is 10.3 Å². The standard InChI is InChI=1S/C30H26FN3/c1-23-21-24(17-18-28(23)31)22-33-29-32-19-20-34(29)30(25-11-5-2-6-12-25,26-13-7-3-8-14-26)27-15-9-4-10-16-27/h2-21H,22H2,1H3,(H,32,33). The molecular weight excluding hydrogens is 421 g/mol. The predicted molar refractivity (Wildman–Crippen MR) is 135 cm³/mol. The molecule has 5 aromatic rings. The molecule has 1 heterocycles. The molecule has 0 unspecified atom stereocenters. The summed E-state index contributed by atoms with van der Waals surface area (Å²) in [4.78, 5) is 4.69. The highest BCUT2D eigenvalue weighted by atomic mass is 19.1. The Bertz CT molecular complexity index is 1270. The van der Waals surface area contributed by atoms with E-state index in [9.17, 15) is 4.39 Å². The largest absolute Gasteiger partial charge is 0.352 e. The molecular formula is C30H26FN3. The normalized spacial score (nSPS) is 11.4. The van der Waals surface area contributed by atoms with Gasteiger partial charge in [0.05, 0.1) is 0 Å². The first-order valence-electron chi connectivity index (χ1n) is 11.4. The van der Waals surface area contributed by atoms with Crippen LogP contribution in [0.1, 0.15) is 27.8 Å². The number of imidazole rings is 1. The topological polar surface area (TPSA) is 29.9 Å². The van der Waals surface area contributed by atoms with E-state index in [-0.39, 0.29) is 5.82 Å². The molecule has 0 radical (unpaired) electrons. The lowest BCUT2D eigenvalue weighted by Gasteiger charge is -2.38. The molecule has 0 bridgehead atoms. The fourth-order valence-corrected chi connectivity index (χ4v) is 4.66. The zero-order chi connectivity index (χ0) is 23.4. The summed E-state index contributed by atoms with van der Waals surface area (Å²) in [6.07, 6.45) is 3.84. The molecule has 1 aromatic heterocycles. The van der Waals surface area contributed by atoms with Gasteiger partial charge < -0.3 is 5.32 Å². The highest BCUT2D eigenvalue weighted by molar-refractivity contribution is 5.53. The zero-order valence-corrected chi connectivity index (χ0v) is 19.0. The number of nitrogens with zero attached hydrogens (tertiary/aromatic N) is 2. The van der Waals surface area contributed by atoms with Crippen molar-refractivity contribution in [1.29, 1.82) is 0 Å². The first-order valence-corrected chi connectivity index (χ1v) is 11.4. The van der Waals surface area contributed by atoms with Gasteiger partial charge in [0.1, 0.15) is 11.4 Å². The van der Waals surface area contributed by atoms with E-state index in [0.717, 1.165) is 28.2 Å². The Kier molecular flexibility index (Phi) is 5.96.